The van der Waals surface area contributed by atoms with Gasteiger partial charge in [0.25, 0.3) is 0 Å². The Balaban J connectivity index is 1.86. The van der Waals surface area contributed by atoms with Crippen LogP contribution in [0.4, 0.5) is 5.82 Å². The van der Waals surface area contributed by atoms with Crippen molar-refractivity contribution in [3.05, 3.63) is 36.2 Å². The number of rotatable bonds is 2. The van der Waals surface area contributed by atoms with Gasteiger partial charge in [0.05, 0.1) is 12.4 Å². The van der Waals surface area contributed by atoms with Crippen molar-refractivity contribution in [3.63, 3.8) is 0 Å². The molecule has 7 heteroatoms. The molecule has 0 saturated heterocycles. The van der Waals surface area contributed by atoms with Crippen molar-refractivity contribution in [2.45, 2.75) is 6.92 Å². The Morgan fingerprint density at radius 1 is 1.59 bits per heavy atom. The lowest BCUT2D eigenvalue weighted by Gasteiger charge is -2.23. The molecule has 1 unspecified atom stereocenters. The summed E-state index contributed by atoms with van der Waals surface area (Å²) in [4.78, 5) is 5.34. The molecule has 1 aromatic heterocycles. The Morgan fingerprint density at radius 2 is 2.47 bits per heavy atom. The number of quaternary nitrogens is 1. The van der Waals surface area contributed by atoms with Gasteiger partial charge < -0.3 is 0 Å². The average molecular weight is 252 g/mol. The summed E-state index contributed by atoms with van der Waals surface area (Å²) in [5.74, 6) is 2.65. The zero-order valence-electron chi connectivity index (χ0n) is 9.24. The van der Waals surface area contributed by atoms with Crippen LogP contribution in [-0.2, 0) is 0 Å². The average Bonchev–Trinajstić information content (AvgIpc) is 2.87. The van der Waals surface area contributed by atoms with Crippen molar-refractivity contribution in [3.8, 4) is 0 Å². The Kier molecular flexibility index (Phi) is 2.38. The number of nitrogens with one attached hydrogen (secondary N) is 3. The molecule has 1 aromatic rings. The number of amidine groups is 1. The van der Waals surface area contributed by atoms with Gasteiger partial charge in [-0.2, -0.15) is 5.10 Å². The zero-order chi connectivity index (χ0) is 11.8. The van der Waals surface area contributed by atoms with E-state index in [0.29, 0.717) is 6.54 Å². The molecule has 0 spiro atoms. The van der Waals surface area contributed by atoms with Crippen molar-refractivity contribution in [1.82, 2.24) is 14.6 Å². The third kappa shape index (κ3) is 1.92. The molecular weight excluding hydrogens is 240 g/mol. The monoisotopic (exact) mass is 251 g/mol. The van der Waals surface area contributed by atoms with Gasteiger partial charge in [0.2, 0.25) is 11.7 Å². The number of hydrogen-bond donors (Lipinski definition) is 3. The van der Waals surface area contributed by atoms with Gasteiger partial charge in [-0.25, -0.2) is 9.89 Å². The topological polar surface area (TPSA) is 60.8 Å². The summed E-state index contributed by atoms with van der Waals surface area (Å²) in [6.45, 7) is 2.57. The Hall–Kier alpha value is -1.79. The molecule has 3 N–H and O–H groups in total. The Labute approximate surface area is 103 Å². The fourth-order valence-corrected chi connectivity index (χ4v) is 2.07. The standard InChI is InChI=1S/C10H11ClN6/c1-7-4-8(15-14-7)13-10-6-16(11)5-9-12-2-3-17(9)10/h2-4,6H,5H2,1H3,(H2,13,14,15)/p+1. The molecule has 2 aliphatic rings. The molecule has 2 aliphatic heterocycles. The predicted molar refractivity (Wildman–Crippen MR) is 65.1 cm³/mol. The SMILES string of the molecule is Cc1cc(NC2=CN(Cl)CC3=NC=C[NH+]23)n[nH]1. The number of fused-ring (bicyclic) bond motifs is 1. The lowest BCUT2D eigenvalue weighted by molar-refractivity contribution is -0.699. The molecule has 3 heterocycles. The van der Waals surface area contributed by atoms with Crippen LogP contribution in [-0.4, -0.2) is 27.0 Å². The molecule has 0 bridgehead atoms. The quantitative estimate of drug-likeness (QED) is 0.657. The van der Waals surface area contributed by atoms with E-state index in [1.54, 1.807) is 10.6 Å². The number of halogens is 1. The van der Waals surface area contributed by atoms with Crippen LogP contribution in [0.25, 0.3) is 0 Å². The second kappa shape index (κ2) is 3.90. The maximum Gasteiger partial charge on any atom is 0.233 e. The number of aliphatic imine (C=N–C) groups is 1. The van der Waals surface area contributed by atoms with Gasteiger partial charge in [0, 0.05) is 23.5 Å². The van der Waals surface area contributed by atoms with Gasteiger partial charge >= 0.3 is 0 Å². The van der Waals surface area contributed by atoms with Gasteiger partial charge in [-0.05, 0) is 6.92 Å². The summed E-state index contributed by atoms with van der Waals surface area (Å²) < 4.78 is 1.58. The Morgan fingerprint density at radius 3 is 3.24 bits per heavy atom. The normalized spacial score (nSPS) is 22.2. The van der Waals surface area contributed by atoms with Crippen molar-refractivity contribution in [1.29, 1.82) is 0 Å². The third-order valence-corrected chi connectivity index (χ3v) is 2.83. The predicted octanol–water partition coefficient (Wildman–Crippen LogP) is 0.167. The van der Waals surface area contributed by atoms with E-state index in [9.17, 15) is 0 Å². The van der Waals surface area contributed by atoms with Gasteiger partial charge in [-0.15, -0.1) is 0 Å². The van der Waals surface area contributed by atoms with E-state index < -0.39 is 0 Å². The number of H-pyrrole nitrogens is 1. The number of aryl methyl sites for hydroxylation is 1. The molecule has 0 radical (unpaired) electrons. The van der Waals surface area contributed by atoms with E-state index in [2.05, 4.69) is 20.5 Å². The van der Waals surface area contributed by atoms with Crippen molar-refractivity contribution in [2.24, 2.45) is 4.99 Å². The minimum Gasteiger partial charge on any atom is -0.292 e. The maximum atomic E-state index is 6.02. The van der Waals surface area contributed by atoms with E-state index in [0.717, 1.165) is 28.1 Å². The minimum absolute atomic E-state index is 0.620. The number of aromatic nitrogens is 2. The molecule has 88 valence electrons. The summed E-state index contributed by atoms with van der Waals surface area (Å²) in [5, 5.41) is 10.2. The van der Waals surface area contributed by atoms with E-state index in [1.807, 2.05) is 25.4 Å². The van der Waals surface area contributed by atoms with E-state index in [-0.39, 0.29) is 0 Å². The third-order valence-electron chi connectivity index (χ3n) is 2.61. The lowest BCUT2D eigenvalue weighted by Crippen LogP contribution is -3.10. The van der Waals surface area contributed by atoms with E-state index in [4.69, 9.17) is 11.8 Å². The van der Waals surface area contributed by atoms with E-state index >= 15 is 0 Å². The first kappa shape index (κ1) is 10.4. The molecule has 0 aliphatic carbocycles. The summed E-state index contributed by atoms with van der Waals surface area (Å²) in [6.07, 6.45) is 5.60. The first-order chi connectivity index (χ1) is 8.22. The van der Waals surface area contributed by atoms with Crippen molar-refractivity contribution >= 4 is 23.4 Å². The van der Waals surface area contributed by atoms with Crippen LogP contribution in [0.1, 0.15) is 5.69 Å². The molecule has 3 rings (SSSR count). The first-order valence-electron chi connectivity index (χ1n) is 5.26. The molecule has 0 fully saturated rings. The Bertz CT molecular complexity index is 529. The van der Waals surface area contributed by atoms with Crippen LogP contribution in [0.5, 0.6) is 0 Å². The lowest BCUT2D eigenvalue weighted by atomic mass is 10.4. The first-order valence-corrected chi connectivity index (χ1v) is 5.60. The molecule has 0 amide bonds. The van der Waals surface area contributed by atoms with Crippen LogP contribution in [0, 0.1) is 6.92 Å². The smallest absolute Gasteiger partial charge is 0.233 e. The second-order valence-corrected chi connectivity index (χ2v) is 4.40. The molecule has 1 atom stereocenters. The molecular formula is C10H12ClN6+. The molecule has 0 saturated carbocycles. The second-order valence-electron chi connectivity index (χ2n) is 3.97. The highest BCUT2D eigenvalue weighted by molar-refractivity contribution is 6.15. The minimum atomic E-state index is 0.620. The van der Waals surface area contributed by atoms with Crippen molar-refractivity contribution in [2.75, 3.05) is 11.9 Å². The highest BCUT2D eigenvalue weighted by atomic mass is 35.5. The zero-order valence-corrected chi connectivity index (χ0v) is 9.99. The van der Waals surface area contributed by atoms with Crippen molar-refractivity contribution < 1.29 is 4.90 Å². The summed E-state index contributed by atoms with van der Waals surface area (Å²) in [6, 6.07) is 1.93. The fourth-order valence-electron chi connectivity index (χ4n) is 1.86. The highest BCUT2D eigenvalue weighted by Crippen LogP contribution is 2.09. The van der Waals surface area contributed by atoms with Crippen LogP contribution in [0.3, 0.4) is 0 Å². The number of nitrogens with zero attached hydrogens (tertiary/aromatic N) is 3. The largest absolute Gasteiger partial charge is 0.292 e. The van der Waals surface area contributed by atoms with Crippen LogP contribution in [0.2, 0.25) is 0 Å². The number of anilines is 1. The van der Waals surface area contributed by atoms with Crippen LogP contribution < -0.4 is 10.2 Å². The highest BCUT2D eigenvalue weighted by Gasteiger charge is 2.30. The summed E-state index contributed by atoms with van der Waals surface area (Å²) >= 11 is 6.02. The summed E-state index contributed by atoms with van der Waals surface area (Å²) in [5.41, 5.74) is 1.01. The molecule has 17 heavy (non-hydrogen) atoms. The maximum absolute atomic E-state index is 6.02. The van der Waals surface area contributed by atoms with Gasteiger partial charge in [-0.3, -0.25) is 14.8 Å². The van der Waals surface area contributed by atoms with E-state index in [1.165, 1.54) is 0 Å². The van der Waals surface area contributed by atoms with Crippen LogP contribution in [0.15, 0.2) is 35.5 Å². The summed E-state index contributed by atoms with van der Waals surface area (Å²) in [7, 11) is 0. The number of hydrogen-bond acceptors (Lipinski definition) is 4. The molecule has 0 aromatic carbocycles. The molecule has 6 nitrogen and oxygen atoms in total. The van der Waals surface area contributed by atoms with Gasteiger partial charge in [0.15, 0.2) is 5.82 Å². The van der Waals surface area contributed by atoms with Gasteiger partial charge in [0.1, 0.15) is 12.7 Å². The van der Waals surface area contributed by atoms with Crippen LogP contribution >= 0.6 is 11.8 Å². The number of aromatic amines is 1. The van der Waals surface area contributed by atoms with Gasteiger partial charge in [-0.1, -0.05) is 0 Å². The fraction of sp³-hybridized carbons (Fsp3) is 0.200.